The maximum Gasteiger partial charge on any atom is 0.270 e. The van der Waals surface area contributed by atoms with E-state index in [-0.39, 0.29) is 4.21 Å². The smallest absolute Gasteiger partial charge is 0.270 e. The summed E-state index contributed by atoms with van der Waals surface area (Å²) in [5, 5.41) is 3.26. The first-order chi connectivity index (χ1) is 8.55. The van der Waals surface area contributed by atoms with E-state index in [9.17, 15) is 8.42 Å². The summed E-state index contributed by atoms with van der Waals surface area (Å²) in [5.41, 5.74) is 1.19. The Morgan fingerprint density at radius 2 is 1.78 bits per heavy atom. The number of hydrogen-bond acceptors (Lipinski definition) is 4. The van der Waals surface area contributed by atoms with E-state index in [1.807, 2.05) is 30.3 Å². The van der Waals surface area contributed by atoms with E-state index in [0.29, 0.717) is 6.54 Å². The SMILES string of the molecule is O=S(=O)(Cl)c1ccc(CNCc2ccccc2)s1. The van der Waals surface area contributed by atoms with Gasteiger partial charge in [0.15, 0.2) is 0 Å². The van der Waals surface area contributed by atoms with Crippen molar-refractivity contribution >= 4 is 31.1 Å². The van der Waals surface area contributed by atoms with E-state index in [0.717, 1.165) is 11.4 Å². The van der Waals surface area contributed by atoms with Crippen LogP contribution in [-0.2, 0) is 22.1 Å². The third-order valence-electron chi connectivity index (χ3n) is 2.35. The van der Waals surface area contributed by atoms with Crippen LogP contribution in [-0.4, -0.2) is 8.42 Å². The van der Waals surface area contributed by atoms with Crippen LogP contribution < -0.4 is 5.32 Å². The quantitative estimate of drug-likeness (QED) is 0.864. The molecule has 18 heavy (non-hydrogen) atoms. The van der Waals surface area contributed by atoms with Crippen molar-refractivity contribution in [3.8, 4) is 0 Å². The van der Waals surface area contributed by atoms with Crippen LogP contribution in [0.15, 0.2) is 46.7 Å². The van der Waals surface area contributed by atoms with Crippen molar-refractivity contribution in [3.63, 3.8) is 0 Å². The molecule has 0 unspecified atom stereocenters. The van der Waals surface area contributed by atoms with E-state index < -0.39 is 9.05 Å². The number of hydrogen-bond donors (Lipinski definition) is 1. The van der Waals surface area contributed by atoms with E-state index in [1.54, 1.807) is 6.07 Å². The van der Waals surface area contributed by atoms with Gasteiger partial charge in [-0.2, -0.15) is 0 Å². The minimum absolute atomic E-state index is 0.195. The fourth-order valence-corrected chi connectivity index (χ4v) is 3.60. The van der Waals surface area contributed by atoms with Crippen LogP contribution in [0.5, 0.6) is 0 Å². The third kappa shape index (κ3) is 3.81. The van der Waals surface area contributed by atoms with Gasteiger partial charge in [0.2, 0.25) is 0 Å². The molecule has 0 bridgehead atoms. The molecule has 2 aromatic rings. The predicted octanol–water partition coefficient (Wildman–Crippen LogP) is 2.97. The average molecular weight is 302 g/mol. The Morgan fingerprint density at radius 3 is 2.39 bits per heavy atom. The van der Waals surface area contributed by atoms with E-state index in [2.05, 4.69) is 5.32 Å². The summed E-state index contributed by atoms with van der Waals surface area (Å²) in [7, 11) is 1.67. The molecule has 0 spiro atoms. The molecule has 0 saturated heterocycles. The van der Waals surface area contributed by atoms with Crippen molar-refractivity contribution in [1.82, 2.24) is 5.32 Å². The molecule has 0 aliphatic heterocycles. The van der Waals surface area contributed by atoms with Gasteiger partial charge < -0.3 is 5.32 Å². The maximum absolute atomic E-state index is 11.1. The van der Waals surface area contributed by atoms with Gasteiger partial charge in [0.1, 0.15) is 4.21 Å². The second-order valence-corrected chi connectivity index (χ2v) is 7.71. The second-order valence-electron chi connectivity index (χ2n) is 3.75. The predicted molar refractivity (Wildman–Crippen MR) is 74.3 cm³/mol. The van der Waals surface area contributed by atoms with Crippen molar-refractivity contribution in [2.75, 3.05) is 0 Å². The van der Waals surface area contributed by atoms with Gasteiger partial charge in [-0.3, -0.25) is 0 Å². The molecule has 1 N–H and O–H groups in total. The zero-order valence-corrected chi connectivity index (χ0v) is 11.9. The minimum Gasteiger partial charge on any atom is -0.308 e. The van der Waals surface area contributed by atoms with Crippen molar-refractivity contribution in [1.29, 1.82) is 0 Å². The lowest BCUT2D eigenvalue weighted by molar-refractivity contribution is 0.611. The van der Waals surface area contributed by atoms with Gasteiger partial charge in [0.25, 0.3) is 9.05 Å². The monoisotopic (exact) mass is 301 g/mol. The zero-order chi connectivity index (χ0) is 13.0. The first-order valence-corrected chi connectivity index (χ1v) is 8.46. The Hall–Kier alpha value is -0.880. The molecule has 1 aromatic carbocycles. The van der Waals surface area contributed by atoms with Gasteiger partial charge >= 0.3 is 0 Å². The lowest BCUT2D eigenvalue weighted by Crippen LogP contribution is -2.11. The Labute approximate surface area is 115 Å². The largest absolute Gasteiger partial charge is 0.308 e. The molecule has 0 fully saturated rings. The highest BCUT2D eigenvalue weighted by Gasteiger charge is 2.12. The highest BCUT2D eigenvalue weighted by Crippen LogP contribution is 2.24. The Kier molecular flexibility index (Phi) is 4.40. The van der Waals surface area contributed by atoms with Crippen LogP contribution >= 0.6 is 22.0 Å². The number of benzene rings is 1. The normalized spacial score (nSPS) is 11.6. The van der Waals surface area contributed by atoms with Crippen LogP contribution in [0.3, 0.4) is 0 Å². The topological polar surface area (TPSA) is 46.2 Å². The van der Waals surface area contributed by atoms with Crippen LogP contribution in [0, 0.1) is 0 Å². The highest BCUT2D eigenvalue weighted by molar-refractivity contribution is 8.15. The second kappa shape index (κ2) is 5.84. The Balaban J connectivity index is 1.90. The van der Waals surface area contributed by atoms with Crippen molar-refractivity contribution in [2.45, 2.75) is 17.3 Å². The first-order valence-electron chi connectivity index (χ1n) is 5.34. The van der Waals surface area contributed by atoms with E-state index in [1.165, 1.54) is 23.0 Å². The maximum atomic E-state index is 11.1. The molecule has 0 saturated carbocycles. The summed E-state index contributed by atoms with van der Waals surface area (Å²) in [6, 6.07) is 13.3. The summed E-state index contributed by atoms with van der Waals surface area (Å²) >= 11 is 1.19. The van der Waals surface area contributed by atoms with Crippen molar-refractivity contribution < 1.29 is 8.42 Å². The van der Waals surface area contributed by atoms with Gasteiger partial charge in [-0.25, -0.2) is 8.42 Å². The number of rotatable bonds is 5. The molecular formula is C12H12ClNO2S2. The molecule has 0 radical (unpaired) electrons. The zero-order valence-electron chi connectivity index (χ0n) is 9.47. The highest BCUT2D eigenvalue weighted by atomic mass is 35.7. The van der Waals surface area contributed by atoms with Gasteiger partial charge in [-0.1, -0.05) is 30.3 Å². The Morgan fingerprint density at radius 1 is 1.06 bits per heavy atom. The Bertz CT molecular complexity index is 608. The third-order valence-corrected chi connectivity index (χ3v) is 5.53. The van der Waals surface area contributed by atoms with Gasteiger partial charge in [0, 0.05) is 28.6 Å². The molecule has 3 nitrogen and oxygen atoms in total. The van der Waals surface area contributed by atoms with Crippen LogP contribution in [0.2, 0.25) is 0 Å². The van der Waals surface area contributed by atoms with Crippen LogP contribution in [0.4, 0.5) is 0 Å². The molecule has 2 rings (SSSR count). The molecule has 0 amide bonds. The lowest BCUT2D eigenvalue weighted by atomic mass is 10.2. The van der Waals surface area contributed by atoms with Gasteiger partial charge in [0.05, 0.1) is 0 Å². The van der Waals surface area contributed by atoms with Crippen molar-refractivity contribution in [3.05, 3.63) is 52.9 Å². The number of nitrogens with one attached hydrogen (secondary N) is 1. The summed E-state index contributed by atoms with van der Waals surface area (Å²) < 4.78 is 22.4. The molecule has 1 aromatic heterocycles. The minimum atomic E-state index is -3.60. The molecular weight excluding hydrogens is 290 g/mol. The molecule has 0 aliphatic rings. The van der Waals surface area contributed by atoms with E-state index in [4.69, 9.17) is 10.7 Å². The van der Waals surface area contributed by atoms with Gasteiger partial charge in [-0.05, 0) is 17.7 Å². The molecule has 1 heterocycles. The lowest BCUT2D eigenvalue weighted by Gasteiger charge is -2.02. The summed E-state index contributed by atoms with van der Waals surface area (Å²) in [6.45, 7) is 1.38. The fourth-order valence-electron chi connectivity index (χ4n) is 1.51. The number of thiophene rings is 1. The van der Waals surface area contributed by atoms with Crippen LogP contribution in [0.25, 0.3) is 0 Å². The first kappa shape index (κ1) is 13.5. The number of halogens is 1. The van der Waals surface area contributed by atoms with Crippen LogP contribution in [0.1, 0.15) is 10.4 Å². The molecule has 0 aliphatic carbocycles. The molecule has 96 valence electrons. The van der Waals surface area contributed by atoms with Gasteiger partial charge in [-0.15, -0.1) is 11.3 Å². The van der Waals surface area contributed by atoms with Crippen molar-refractivity contribution in [2.24, 2.45) is 0 Å². The summed E-state index contributed by atoms with van der Waals surface area (Å²) in [5.74, 6) is 0. The summed E-state index contributed by atoms with van der Waals surface area (Å²) in [6.07, 6.45) is 0. The average Bonchev–Trinajstić information content (AvgIpc) is 2.79. The molecule has 0 atom stereocenters. The fraction of sp³-hybridized carbons (Fsp3) is 0.167. The summed E-state index contributed by atoms with van der Waals surface area (Å²) in [4.78, 5) is 0.949. The van der Waals surface area contributed by atoms with E-state index >= 15 is 0 Å². The molecule has 6 heteroatoms. The standard InChI is InChI=1S/C12H12ClNO2S2/c13-18(15,16)12-7-6-11(17-12)9-14-8-10-4-2-1-3-5-10/h1-7,14H,8-9H2.